The number of nitrogens with zero attached hydrogens (tertiary/aromatic N) is 3. The highest BCUT2D eigenvalue weighted by atomic mass is 19.4. The van der Waals surface area contributed by atoms with Gasteiger partial charge in [0.05, 0.1) is 6.54 Å². The fourth-order valence-corrected chi connectivity index (χ4v) is 4.17. The number of aromatic nitrogens is 2. The van der Waals surface area contributed by atoms with Crippen LogP contribution in [0.25, 0.3) is 0 Å². The molecule has 30 heavy (non-hydrogen) atoms. The van der Waals surface area contributed by atoms with Crippen molar-refractivity contribution >= 4 is 0 Å². The van der Waals surface area contributed by atoms with E-state index >= 15 is 0 Å². The highest BCUT2D eigenvalue weighted by Gasteiger charge is 2.36. The van der Waals surface area contributed by atoms with E-state index in [2.05, 4.69) is 4.98 Å². The summed E-state index contributed by atoms with van der Waals surface area (Å²) >= 11 is 0. The molecule has 0 saturated heterocycles. The molecule has 1 aromatic carbocycles. The minimum atomic E-state index is -4.47. The Kier molecular flexibility index (Phi) is 5.39. The summed E-state index contributed by atoms with van der Waals surface area (Å²) in [6, 6.07) is 0.909. The number of hydrogen-bond acceptors (Lipinski definition) is 3. The van der Waals surface area contributed by atoms with Gasteiger partial charge in [0.2, 0.25) is 0 Å². The lowest BCUT2D eigenvalue weighted by molar-refractivity contribution is -0.141. The van der Waals surface area contributed by atoms with Gasteiger partial charge in [0.1, 0.15) is 11.6 Å². The van der Waals surface area contributed by atoms with Crippen molar-refractivity contribution in [2.24, 2.45) is 5.73 Å². The Morgan fingerprint density at radius 2 is 1.80 bits per heavy atom. The Hall–Kier alpha value is -2.33. The van der Waals surface area contributed by atoms with Gasteiger partial charge >= 0.3 is 6.18 Å². The van der Waals surface area contributed by atoms with Gasteiger partial charge in [-0.25, -0.2) is 18.2 Å². The van der Waals surface area contributed by atoms with E-state index < -0.39 is 41.3 Å². The lowest BCUT2D eigenvalue weighted by atomic mass is 9.80. The summed E-state index contributed by atoms with van der Waals surface area (Å²) in [6.07, 6.45) is -0.737. The molecular formula is C20H20F6N4. The first-order valence-corrected chi connectivity index (χ1v) is 9.55. The third kappa shape index (κ3) is 4.11. The normalized spacial score (nSPS) is 22.7. The third-order valence-corrected chi connectivity index (χ3v) is 5.71. The number of allylic oxidation sites excluding steroid dienone is 1. The van der Waals surface area contributed by atoms with Crippen molar-refractivity contribution in [3.05, 3.63) is 64.5 Å². The Balaban J connectivity index is 1.43. The van der Waals surface area contributed by atoms with Gasteiger partial charge in [-0.05, 0) is 24.5 Å². The molecule has 10 heteroatoms. The van der Waals surface area contributed by atoms with E-state index in [9.17, 15) is 26.3 Å². The van der Waals surface area contributed by atoms with Crippen molar-refractivity contribution in [2.45, 2.75) is 44.1 Å². The second kappa shape index (κ2) is 7.73. The number of hydrogen-bond donors (Lipinski definition) is 1. The number of rotatable bonds is 3. The maximum atomic E-state index is 14.1. The molecule has 0 saturated carbocycles. The molecule has 0 amide bonds. The number of nitrogens with two attached hydrogens (primary N) is 1. The molecule has 162 valence electrons. The molecule has 1 aliphatic heterocycles. The van der Waals surface area contributed by atoms with Crippen molar-refractivity contribution in [2.75, 3.05) is 13.1 Å². The summed E-state index contributed by atoms with van der Waals surface area (Å²) in [5, 5.41) is 0. The zero-order valence-corrected chi connectivity index (χ0v) is 15.9. The van der Waals surface area contributed by atoms with E-state index in [4.69, 9.17) is 5.73 Å². The first-order chi connectivity index (χ1) is 14.1. The molecule has 0 bridgehead atoms. The topological polar surface area (TPSA) is 47.1 Å². The molecule has 1 aromatic heterocycles. The average Bonchev–Trinajstić information content (AvgIpc) is 3.09. The van der Waals surface area contributed by atoms with Crippen LogP contribution in [-0.4, -0.2) is 33.6 Å². The van der Waals surface area contributed by atoms with Gasteiger partial charge in [0, 0.05) is 43.9 Å². The SMILES string of the molecule is NC1CC(CN2CCn3cc(C(F)(F)F)nc3C2)=CCC1c1cc(F)c(F)cc1F. The minimum Gasteiger partial charge on any atom is -0.332 e. The van der Waals surface area contributed by atoms with Gasteiger partial charge in [0.25, 0.3) is 0 Å². The van der Waals surface area contributed by atoms with Crippen molar-refractivity contribution in [3.8, 4) is 0 Å². The van der Waals surface area contributed by atoms with Crippen LogP contribution < -0.4 is 5.73 Å². The Morgan fingerprint density at radius 1 is 1.07 bits per heavy atom. The number of benzene rings is 1. The van der Waals surface area contributed by atoms with Gasteiger partial charge in [-0.15, -0.1) is 0 Å². The van der Waals surface area contributed by atoms with E-state index in [0.717, 1.165) is 17.8 Å². The first kappa shape index (κ1) is 20.9. The molecule has 2 heterocycles. The summed E-state index contributed by atoms with van der Waals surface area (Å²) in [4.78, 5) is 5.69. The van der Waals surface area contributed by atoms with Gasteiger partial charge in [-0.2, -0.15) is 13.2 Å². The number of alkyl halides is 3. The van der Waals surface area contributed by atoms with E-state index in [1.54, 1.807) is 0 Å². The number of fused-ring (bicyclic) bond motifs is 1. The van der Waals surface area contributed by atoms with Crippen LogP contribution in [0, 0.1) is 17.5 Å². The molecule has 0 radical (unpaired) electrons. The largest absolute Gasteiger partial charge is 0.434 e. The smallest absolute Gasteiger partial charge is 0.332 e. The summed E-state index contributed by atoms with van der Waals surface area (Å²) in [7, 11) is 0. The maximum absolute atomic E-state index is 14.1. The van der Waals surface area contributed by atoms with E-state index in [1.165, 1.54) is 4.57 Å². The van der Waals surface area contributed by atoms with Crippen molar-refractivity contribution in [1.82, 2.24) is 14.5 Å². The van der Waals surface area contributed by atoms with Gasteiger partial charge in [0.15, 0.2) is 17.3 Å². The zero-order valence-electron chi connectivity index (χ0n) is 15.9. The summed E-state index contributed by atoms with van der Waals surface area (Å²) in [6.45, 7) is 1.76. The highest BCUT2D eigenvalue weighted by molar-refractivity contribution is 5.29. The zero-order chi connectivity index (χ0) is 21.6. The van der Waals surface area contributed by atoms with Gasteiger partial charge in [-0.1, -0.05) is 11.6 Å². The second-order valence-corrected chi connectivity index (χ2v) is 7.80. The average molecular weight is 430 g/mol. The van der Waals surface area contributed by atoms with E-state index in [1.807, 2.05) is 11.0 Å². The summed E-state index contributed by atoms with van der Waals surface area (Å²) < 4.78 is 80.9. The van der Waals surface area contributed by atoms with Crippen molar-refractivity contribution in [3.63, 3.8) is 0 Å². The van der Waals surface area contributed by atoms with Gasteiger partial charge in [-0.3, -0.25) is 4.90 Å². The molecule has 4 nitrogen and oxygen atoms in total. The third-order valence-electron chi connectivity index (χ3n) is 5.71. The Bertz CT molecular complexity index is 980. The van der Waals surface area contributed by atoms with Crippen LogP contribution in [0.3, 0.4) is 0 Å². The second-order valence-electron chi connectivity index (χ2n) is 7.80. The number of halogens is 6. The lowest BCUT2D eigenvalue weighted by Gasteiger charge is -2.33. The Morgan fingerprint density at radius 3 is 2.50 bits per heavy atom. The maximum Gasteiger partial charge on any atom is 0.434 e. The van der Waals surface area contributed by atoms with Crippen molar-refractivity contribution < 1.29 is 26.3 Å². The fourth-order valence-electron chi connectivity index (χ4n) is 4.17. The van der Waals surface area contributed by atoms with Crippen LogP contribution in [0.1, 0.15) is 35.8 Å². The highest BCUT2D eigenvalue weighted by Crippen LogP contribution is 2.34. The van der Waals surface area contributed by atoms with E-state index in [0.29, 0.717) is 44.4 Å². The van der Waals surface area contributed by atoms with Crippen LogP contribution in [0.2, 0.25) is 0 Å². The summed E-state index contributed by atoms with van der Waals surface area (Å²) in [5.74, 6) is -3.30. The summed E-state index contributed by atoms with van der Waals surface area (Å²) in [5.41, 5.74) is 6.35. The molecule has 2 N–H and O–H groups in total. The van der Waals surface area contributed by atoms with Crippen LogP contribution >= 0.6 is 0 Å². The van der Waals surface area contributed by atoms with Crippen LogP contribution in [0.15, 0.2) is 30.0 Å². The van der Waals surface area contributed by atoms with Crippen LogP contribution in [0.5, 0.6) is 0 Å². The molecule has 1 aliphatic carbocycles. The standard InChI is InChI=1S/C20H20F6N4/c21-14-7-16(23)15(22)6-13(14)12-2-1-11(5-17(12)27)8-29-3-4-30-9-18(20(24,25)26)28-19(30)10-29/h1,6-7,9,12,17H,2-5,8,10,27H2. The molecular weight excluding hydrogens is 410 g/mol. The lowest BCUT2D eigenvalue weighted by Crippen LogP contribution is -2.38. The van der Waals surface area contributed by atoms with E-state index in [-0.39, 0.29) is 12.1 Å². The molecule has 2 aromatic rings. The van der Waals surface area contributed by atoms with Gasteiger partial charge < -0.3 is 10.3 Å². The quantitative estimate of drug-likeness (QED) is 0.456. The molecule has 0 fully saturated rings. The molecule has 2 aliphatic rings. The van der Waals surface area contributed by atoms with Crippen LogP contribution in [0.4, 0.5) is 26.3 Å². The molecule has 0 spiro atoms. The predicted molar refractivity (Wildman–Crippen MR) is 96.9 cm³/mol. The first-order valence-electron chi connectivity index (χ1n) is 9.55. The molecule has 2 atom stereocenters. The monoisotopic (exact) mass is 430 g/mol. The Labute approximate surface area is 169 Å². The molecule has 4 rings (SSSR count). The number of imidazole rings is 1. The predicted octanol–water partition coefficient (Wildman–Crippen LogP) is 3.97. The fraction of sp³-hybridized carbons (Fsp3) is 0.450. The van der Waals surface area contributed by atoms with Crippen molar-refractivity contribution in [1.29, 1.82) is 0 Å². The molecule has 2 unspecified atom stereocenters. The van der Waals surface area contributed by atoms with Crippen LogP contribution in [-0.2, 0) is 19.3 Å². The minimum absolute atomic E-state index is 0.0522.